The second kappa shape index (κ2) is 8.43. The summed E-state index contributed by atoms with van der Waals surface area (Å²) >= 11 is 1.70. The highest BCUT2D eigenvalue weighted by Gasteiger charge is 2.32. The van der Waals surface area contributed by atoms with Crippen molar-refractivity contribution in [3.8, 4) is 5.75 Å². The van der Waals surface area contributed by atoms with E-state index in [1.54, 1.807) is 18.9 Å². The van der Waals surface area contributed by atoms with E-state index >= 15 is 0 Å². The molecule has 0 unspecified atom stereocenters. The zero-order valence-electron chi connectivity index (χ0n) is 14.9. The number of hydrogen-bond acceptors (Lipinski definition) is 3. The Morgan fingerprint density at radius 1 is 1.16 bits per heavy atom. The Morgan fingerprint density at radius 2 is 1.92 bits per heavy atom. The van der Waals surface area contributed by atoms with Crippen LogP contribution in [-0.2, 0) is 17.1 Å². The van der Waals surface area contributed by atoms with Crippen LogP contribution in [0, 0.1) is 6.92 Å². The summed E-state index contributed by atoms with van der Waals surface area (Å²) in [5, 5.41) is 0. The molecular formula is C21H25NO2S. The second-order valence-electron chi connectivity index (χ2n) is 6.58. The average Bonchev–Trinajstić information content (AvgIpc) is 3.45. The minimum atomic E-state index is 0.246. The van der Waals surface area contributed by atoms with Crippen LogP contribution in [0.3, 0.4) is 0 Å². The lowest BCUT2D eigenvalue weighted by molar-refractivity contribution is -0.129. The molecule has 3 nitrogen and oxygen atoms in total. The predicted octanol–water partition coefficient (Wildman–Crippen LogP) is 4.43. The van der Waals surface area contributed by atoms with E-state index in [9.17, 15) is 4.79 Å². The molecule has 1 aliphatic carbocycles. The number of ether oxygens (including phenoxy) is 1. The van der Waals surface area contributed by atoms with E-state index in [2.05, 4.69) is 31.2 Å². The summed E-state index contributed by atoms with van der Waals surface area (Å²) in [5.74, 6) is 2.52. The fraction of sp³-hybridized carbons (Fsp3) is 0.381. The normalized spacial score (nSPS) is 13.5. The van der Waals surface area contributed by atoms with Gasteiger partial charge in [-0.2, -0.15) is 0 Å². The zero-order valence-corrected chi connectivity index (χ0v) is 15.7. The maximum absolute atomic E-state index is 12.7. The summed E-state index contributed by atoms with van der Waals surface area (Å²) in [6.07, 6.45) is 2.26. The molecule has 0 aromatic heterocycles. The molecule has 1 aliphatic rings. The second-order valence-corrected chi connectivity index (χ2v) is 7.57. The van der Waals surface area contributed by atoms with Gasteiger partial charge in [0.2, 0.25) is 5.91 Å². The minimum Gasteiger partial charge on any atom is -0.497 e. The van der Waals surface area contributed by atoms with Crippen molar-refractivity contribution >= 4 is 17.7 Å². The maximum atomic E-state index is 12.7. The van der Waals surface area contributed by atoms with Crippen LogP contribution in [0.25, 0.3) is 0 Å². The summed E-state index contributed by atoms with van der Waals surface area (Å²) in [6.45, 7) is 2.79. The van der Waals surface area contributed by atoms with Crippen LogP contribution >= 0.6 is 11.8 Å². The Bertz CT molecular complexity index is 710. The van der Waals surface area contributed by atoms with E-state index < -0.39 is 0 Å². The first-order chi connectivity index (χ1) is 12.2. The molecule has 0 bridgehead atoms. The number of rotatable bonds is 8. The number of aryl methyl sites for hydroxylation is 1. The molecule has 0 spiro atoms. The van der Waals surface area contributed by atoms with Crippen molar-refractivity contribution < 1.29 is 9.53 Å². The molecular weight excluding hydrogens is 330 g/mol. The standard InChI is InChI=1S/C21H25NO2S/c1-16-4-3-5-18(12-16)14-25-15-21(23)22(19-8-9-19)13-17-6-10-20(24-2)11-7-17/h3-7,10-12,19H,8-9,13-15H2,1-2H3. The Balaban J connectivity index is 1.53. The Kier molecular flexibility index (Phi) is 6.03. The van der Waals surface area contributed by atoms with Gasteiger partial charge in [0.05, 0.1) is 12.9 Å². The van der Waals surface area contributed by atoms with Crippen LogP contribution in [-0.4, -0.2) is 29.7 Å². The number of benzene rings is 2. The van der Waals surface area contributed by atoms with Crippen LogP contribution in [0.2, 0.25) is 0 Å². The number of carbonyl (C=O) groups is 1. The van der Waals surface area contributed by atoms with Gasteiger partial charge in [0.15, 0.2) is 0 Å². The molecule has 1 saturated carbocycles. The number of hydrogen-bond donors (Lipinski definition) is 0. The van der Waals surface area contributed by atoms with E-state index in [0.29, 0.717) is 18.3 Å². The Labute approximate surface area is 154 Å². The van der Waals surface area contributed by atoms with Gasteiger partial charge in [-0.3, -0.25) is 4.79 Å². The van der Waals surface area contributed by atoms with Gasteiger partial charge in [-0.1, -0.05) is 42.0 Å². The number of amides is 1. The highest BCUT2D eigenvalue weighted by molar-refractivity contribution is 7.99. The van der Waals surface area contributed by atoms with Gasteiger partial charge in [0.1, 0.15) is 5.75 Å². The smallest absolute Gasteiger partial charge is 0.233 e. The molecule has 0 aliphatic heterocycles. The van der Waals surface area contributed by atoms with Crippen molar-refractivity contribution in [1.29, 1.82) is 0 Å². The summed E-state index contributed by atoms with van der Waals surface area (Å²) in [5.41, 5.74) is 3.71. The first-order valence-electron chi connectivity index (χ1n) is 8.71. The average molecular weight is 356 g/mol. The summed E-state index contributed by atoms with van der Waals surface area (Å²) in [7, 11) is 1.67. The molecule has 132 valence electrons. The lowest BCUT2D eigenvalue weighted by Gasteiger charge is -2.22. The lowest BCUT2D eigenvalue weighted by Crippen LogP contribution is -2.34. The highest BCUT2D eigenvalue weighted by Crippen LogP contribution is 2.29. The molecule has 0 atom stereocenters. The fourth-order valence-corrected chi connectivity index (χ4v) is 3.73. The third-order valence-corrected chi connectivity index (χ3v) is 5.39. The van der Waals surface area contributed by atoms with Crippen molar-refractivity contribution in [3.63, 3.8) is 0 Å². The number of carbonyl (C=O) groups excluding carboxylic acids is 1. The van der Waals surface area contributed by atoms with E-state index in [0.717, 1.165) is 29.9 Å². The van der Waals surface area contributed by atoms with Gasteiger partial charge in [-0.05, 0) is 43.0 Å². The predicted molar refractivity (Wildman–Crippen MR) is 104 cm³/mol. The largest absolute Gasteiger partial charge is 0.497 e. The quantitative estimate of drug-likeness (QED) is 0.702. The highest BCUT2D eigenvalue weighted by atomic mass is 32.2. The summed E-state index contributed by atoms with van der Waals surface area (Å²) in [4.78, 5) is 14.7. The molecule has 0 saturated heterocycles. The minimum absolute atomic E-state index is 0.246. The van der Waals surface area contributed by atoms with E-state index in [1.165, 1.54) is 11.1 Å². The van der Waals surface area contributed by atoms with E-state index in [1.807, 2.05) is 29.2 Å². The van der Waals surface area contributed by atoms with Crippen molar-refractivity contribution in [3.05, 3.63) is 65.2 Å². The molecule has 2 aromatic rings. The summed E-state index contributed by atoms with van der Waals surface area (Å²) < 4.78 is 5.20. The van der Waals surface area contributed by atoms with Crippen LogP contribution in [0.4, 0.5) is 0 Å². The van der Waals surface area contributed by atoms with Gasteiger partial charge in [0, 0.05) is 18.3 Å². The van der Waals surface area contributed by atoms with E-state index in [4.69, 9.17) is 4.74 Å². The first-order valence-corrected chi connectivity index (χ1v) is 9.87. The van der Waals surface area contributed by atoms with E-state index in [-0.39, 0.29) is 5.91 Å². The molecule has 1 fully saturated rings. The number of nitrogens with zero attached hydrogens (tertiary/aromatic N) is 1. The van der Waals surface area contributed by atoms with Crippen molar-refractivity contribution in [2.75, 3.05) is 12.9 Å². The maximum Gasteiger partial charge on any atom is 0.233 e. The fourth-order valence-electron chi connectivity index (χ4n) is 2.88. The van der Waals surface area contributed by atoms with Gasteiger partial charge < -0.3 is 9.64 Å². The topological polar surface area (TPSA) is 29.5 Å². The van der Waals surface area contributed by atoms with Crippen LogP contribution in [0.1, 0.15) is 29.5 Å². The van der Waals surface area contributed by atoms with Gasteiger partial charge in [0.25, 0.3) is 0 Å². The third kappa shape index (κ3) is 5.27. The van der Waals surface area contributed by atoms with Crippen LogP contribution in [0.15, 0.2) is 48.5 Å². The molecule has 0 N–H and O–H groups in total. The molecule has 1 amide bonds. The van der Waals surface area contributed by atoms with Crippen molar-refractivity contribution in [2.45, 2.75) is 38.1 Å². The van der Waals surface area contributed by atoms with Gasteiger partial charge >= 0.3 is 0 Å². The zero-order chi connectivity index (χ0) is 17.6. The molecule has 0 radical (unpaired) electrons. The van der Waals surface area contributed by atoms with Crippen LogP contribution < -0.4 is 4.74 Å². The SMILES string of the molecule is COc1ccc(CN(C(=O)CSCc2cccc(C)c2)C2CC2)cc1. The lowest BCUT2D eigenvalue weighted by atomic mass is 10.2. The molecule has 0 heterocycles. The number of thioether (sulfide) groups is 1. The number of methoxy groups -OCH3 is 1. The third-order valence-electron chi connectivity index (χ3n) is 4.40. The van der Waals surface area contributed by atoms with Crippen molar-refractivity contribution in [1.82, 2.24) is 4.90 Å². The Hall–Kier alpha value is -1.94. The summed E-state index contributed by atoms with van der Waals surface area (Å²) in [6, 6.07) is 16.9. The molecule has 25 heavy (non-hydrogen) atoms. The molecule has 4 heteroatoms. The van der Waals surface area contributed by atoms with Gasteiger partial charge in [-0.25, -0.2) is 0 Å². The first kappa shape index (κ1) is 17.9. The molecule has 2 aromatic carbocycles. The monoisotopic (exact) mass is 355 g/mol. The Morgan fingerprint density at radius 3 is 2.56 bits per heavy atom. The van der Waals surface area contributed by atoms with Crippen LogP contribution in [0.5, 0.6) is 5.75 Å². The van der Waals surface area contributed by atoms with Gasteiger partial charge in [-0.15, -0.1) is 11.8 Å². The van der Waals surface area contributed by atoms with Crippen molar-refractivity contribution in [2.24, 2.45) is 0 Å². The molecule has 3 rings (SSSR count).